The minimum atomic E-state index is 0.0977. The number of carbonyl (C=O) groups is 1. The second kappa shape index (κ2) is 4.11. The van der Waals surface area contributed by atoms with Crippen LogP contribution in [0.4, 0.5) is 0 Å². The van der Waals surface area contributed by atoms with E-state index in [1.165, 1.54) is 11.3 Å². The van der Waals surface area contributed by atoms with Gasteiger partial charge in [0.25, 0.3) is 0 Å². The zero-order valence-electron chi connectivity index (χ0n) is 7.38. The predicted molar refractivity (Wildman–Crippen MR) is 54.4 cm³/mol. The molecule has 0 aliphatic rings. The van der Waals surface area contributed by atoms with Gasteiger partial charge in [-0.2, -0.15) is 10.2 Å². The number of carbonyl (C=O) groups excluding carboxylic acids is 1. The van der Waals surface area contributed by atoms with Crippen molar-refractivity contribution >= 4 is 17.1 Å². The van der Waals surface area contributed by atoms with Crippen molar-refractivity contribution in [3.63, 3.8) is 0 Å². The average Bonchev–Trinajstić information content (AvgIpc) is 2.72. The van der Waals surface area contributed by atoms with Gasteiger partial charge in [0.2, 0.25) is 0 Å². The van der Waals surface area contributed by atoms with Gasteiger partial charge in [-0.3, -0.25) is 4.79 Å². The van der Waals surface area contributed by atoms with Crippen molar-refractivity contribution in [2.24, 2.45) is 0 Å². The zero-order valence-corrected chi connectivity index (χ0v) is 8.20. The van der Waals surface area contributed by atoms with Crippen LogP contribution in [0.3, 0.4) is 0 Å². The maximum atomic E-state index is 11.6. The summed E-state index contributed by atoms with van der Waals surface area (Å²) in [5, 5.41) is 9.48. The SMILES string of the molecule is O=C(Cc1cccnn1)c1cccs1. The third-order valence-electron chi connectivity index (χ3n) is 1.77. The first kappa shape index (κ1) is 9.02. The summed E-state index contributed by atoms with van der Waals surface area (Å²) in [7, 11) is 0. The van der Waals surface area contributed by atoms with Crippen LogP contribution in [0.2, 0.25) is 0 Å². The smallest absolute Gasteiger partial charge is 0.178 e. The minimum Gasteiger partial charge on any atom is -0.293 e. The van der Waals surface area contributed by atoms with Gasteiger partial charge in [0, 0.05) is 6.20 Å². The third kappa shape index (κ3) is 2.03. The van der Waals surface area contributed by atoms with Gasteiger partial charge in [-0.15, -0.1) is 11.3 Å². The van der Waals surface area contributed by atoms with Gasteiger partial charge in [0.15, 0.2) is 5.78 Å². The number of hydrogen-bond donors (Lipinski definition) is 0. The topological polar surface area (TPSA) is 42.9 Å². The van der Waals surface area contributed by atoms with Gasteiger partial charge in [0.1, 0.15) is 0 Å². The quantitative estimate of drug-likeness (QED) is 0.718. The summed E-state index contributed by atoms with van der Waals surface area (Å²) in [4.78, 5) is 12.4. The van der Waals surface area contributed by atoms with Crippen molar-refractivity contribution < 1.29 is 4.79 Å². The average molecular weight is 204 g/mol. The number of nitrogens with zero attached hydrogens (tertiary/aromatic N) is 2. The highest BCUT2D eigenvalue weighted by Crippen LogP contribution is 2.11. The largest absolute Gasteiger partial charge is 0.293 e. The Kier molecular flexibility index (Phi) is 2.65. The molecule has 0 atom stereocenters. The predicted octanol–water partition coefficient (Wildman–Crippen LogP) is 1.96. The molecule has 0 saturated carbocycles. The van der Waals surface area contributed by atoms with Gasteiger partial charge in [-0.05, 0) is 23.6 Å². The van der Waals surface area contributed by atoms with Crippen LogP contribution in [-0.4, -0.2) is 16.0 Å². The summed E-state index contributed by atoms with van der Waals surface area (Å²) in [6, 6.07) is 7.28. The summed E-state index contributed by atoms with van der Waals surface area (Å²) in [5.41, 5.74) is 0.714. The number of rotatable bonds is 3. The van der Waals surface area contributed by atoms with Crippen molar-refractivity contribution in [2.75, 3.05) is 0 Å². The fraction of sp³-hybridized carbons (Fsp3) is 0.100. The van der Waals surface area contributed by atoms with E-state index in [4.69, 9.17) is 0 Å². The molecule has 0 unspecified atom stereocenters. The van der Waals surface area contributed by atoms with Crippen LogP contribution >= 0.6 is 11.3 Å². The molecule has 0 radical (unpaired) electrons. The molecular formula is C10H8N2OS. The van der Waals surface area contributed by atoms with Crippen LogP contribution in [-0.2, 0) is 6.42 Å². The Morgan fingerprint density at radius 3 is 2.93 bits per heavy atom. The molecule has 3 nitrogen and oxygen atoms in total. The molecule has 0 saturated heterocycles. The Hall–Kier alpha value is -1.55. The standard InChI is InChI=1S/C10H8N2OS/c13-9(10-4-2-6-14-10)7-8-3-1-5-11-12-8/h1-6H,7H2. The fourth-order valence-corrected chi connectivity index (χ4v) is 1.78. The molecule has 4 heteroatoms. The molecule has 2 rings (SSSR count). The second-order valence-corrected chi connectivity index (χ2v) is 3.74. The van der Waals surface area contributed by atoms with Gasteiger partial charge in [0.05, 0.1) is 17.0 Å². The van der Waals surface area contributed by atoms with Crippen LogP contribution < -0.4 is 0 Å². The molecule has 14 heavy (non-hydrogen) atoms. The second-order valence-electron chi connectivity index (χ2n) is 2.79. The number of hydrogen-bond acceptors (Lipinski definition) is 4. The number of Topliss-reactive ketones (excluding diaryl/α,β-unsaturated/α-hetero) is 1. The van der Waals surface area contributed by atoms with Gasteiger partial charge in [-0.1, -0.05) is 6.07 Å². The number of thiophene rings is 1. The van der Waals surface area contributed by atoms with Crippen LogP contribution in [0.15, 0.2) is 35.8 Å². The molecule has 0 aliphatic heterocycles. The lowest BCUT2D eigenvalue weighted by atomic mass is 10.2. The normalized spacial score (nSPS) is 10.0. The Bertz CT molecular complexity index is 411. The molecule has 2 aromatic heterocycles. The lowest BCUT2D eigenvalue weighted by Crippen LogP contribution is -2.03. The lowest BCUT2D eigenvalue weighted by molar-refractivity contribution is 0.0995. The molecule has 0 aliphatic carbocycles. The monoisotopic (exact) mass is 204 g/mol. The fourth-order valence-electron chi connectivity index (χ4n) is 1.12. The van der Waals surface area contributed by atoms with Crippen molar-refractivity contribution in [3.05, 3.63) is 46.4 Å². The highest BCUT2D eigenvalue weighted by atomic mass is 32.1. The number of aromatic nitrogens is 2. The van der Waals surface area contributed by atoms with Crippen LogP contribution in [0.5, 0.6) is 0 Å². The Morgan fingerprint density at radius 1 is 1.36 bits per heavy atom. The first-order valence-electron chi connectivity index (χ1n) is 4.19. The van der Waals surface area contributed by atoms with E-state index >= 15 is 0 Å². The maximum Gasteiger partial charge on any atom is 0.178 e. The van der Waals surface area contributed by atoms with E-state index in [1.54, 1.807) is 18.3 Å². The van der Waals surface area contributed by atoms with E-state index in [1.807, 2.05) is 17.5 Å². The first-order valence-corrected chi connectivity index (χ1v) is 5.07. The molecule has 0 fully saturated rings. The van der Waals surface area contributed by atoms with Gasteiger partial charge < -0.3 is 0 Å². The molecule has 0 amide bonds. The molecule has 70 valence electrons. The maximum absolute atomic E-state index is 11.6. The molecule has 2 heterocycles. The Morgan fingerprint density at radius 2 is 2.29 bits per heavy atom. The highest BCUT2D eigenvalue weighted by Gasteiger charge is 2.08. The van der Waals surface area contributed by atoms with Crippen LogP contribution in [0, 0.1) is 0 Å². The zero-order chi connectivity index (χ0) is 9.80. The van der Waals surface area contributed by atoms with Gasteiger partial charge >= 0.3 is 0 Å². The van der Waals surface area contributed by atoms with E-state index < -0.39 is 0 Å². The van der Waals surface area contributed by atoms with Crippen molar-refractivity contribution in [2.45, 2.75) is 6.42 Å². The lowest BCUT2D eigenvalue weighted by Gasteiger charge is -1.95. The van der Waals surface area contributed by atoms with Crippen molar-refractivity contribution in [1.29, 1.82) is 0 Å². The van der Waals surface area contributed by atoms with E-state index in [0.29, 0.717) is 12.1 Å². The Balaban J connectivity index is 2.10. The van der Waals surface area contributed by atoms with E-state index in [-0.39, 0.29) is 5.78 Å². The van der Waals surface area contributed by atoms with Crippen LogP contribution in [0.1, 0.15) is 15.4 Å². The third-order valence-corrected chi connectivity index (χ3v) is 2.68. The molecule has 0 spiro atoms. The molecule has 2 aromatic rings. The summed E-state index contributed by atoms with van der Waals surface area (Å²) < 4.78 is 0. The molecule has 0 N–H and O–H groups in total. The summed E-state index contributed by atoms with van der Waals surface area (Å²) in [5.74, 6) is 0.0977. The first-order chi connectivity index (χ1) is 6.86. The molecule has 0 aromatic carbocycles. The summed E-state index contributed by atoms with van der Waals surface area (Å²) in [6.45, 7) is 0. The van der Waals surface area contributed by atoms with E-state index in [2.05, 4.69) is 10.2 Å². The van der Waals surface area contributed by atoms with E-state index in [0.717, 1.165) is 4.88 Å². The molecule has 0 bridgehead atoms. The summed E-state index contributed by atoms with van der Waals surface area (Å²) >= 11 is 1.45. The highest BCUT2D eigenvalue weighted by molar-refractivity contribution is 7.12. The minimum absolute atomic E-state index is 0.0977. The molecular weight excluding hydrogens is 196 g/mol. The van der Waals surface area contributed by atoms with Crippen molar-refractivity contribution in [3.8, 4) is 0 Å². The van der Waals surface area contributed by atoms with Gasteiger partial charge in [-0.25, -0.2) is 0 Å². The van der Waals surface area contributed by atoms with Crippen molar-refractivity contribution in [1.82, 2.24) is 10.2 Å². The Labute approximate surface area is 85.4 Å². The summed E-state index contributed by atoms with van der Waals surface area (Å²) in [6.07, 6.45) is 1.92. The van der Waals surface area contributed by atoms with Crippen LogP contribution in [0.25, 0.3) is 0 Å². The number of ketones is 1. The van der Waals surface area contributed by atoms with E-state index in [9.17, 15) is 4.79 Å².